The summed E-state index contributed by atoms with van der Waals surface area (Å²) in [7, 11) is 0. The van der Waals surface area contributed by atoms with Gasteiger partial charge in [-0.25, -0.2) is 4.98 Å². The Morgan fingerprint density at radius 3 is 2.90 bits per heavy atom. The van der Waals surface area contributed by atoms with Gasteiger partial charge in [-0.05, 0) is 13.0 Å². The van der Waals surface area contributed by atoms with Crippen LogP contribution >= 0.6 is 12.2 Å². The number of H-pyrrole nitrogens is 1. The standard InChI is InChI=1S/C14H24N4OS/c1-11(2)14-16-12(10-13(20)17-14)15-4-3-5-18-6-8-19-9-7-18/h10-11H,3-9H2,1-2H3,(H2,15,16,17,20). The van der Waals surface area contributed by atoms with Crippen LogP contribution in [0.25, 0.3) is 0 Å². The third-order valence-electron chi connectivity index (χ3n) is 3.38. The summed E-state index contributed by atoms with van der Waals surface area (Å²) in [6.45, 7) is 10.1. The number of nitrogens with one attached hydrogen (secondary N) is 2. The number of rotatable bonds is 6. The monoisotopic (exact) mass is 296 g/mol. The van der Waals surface area contributed by atoms with Gasteiger partial charge in [0.05, 0.1) is 13.2 Å². The molecule has 2 rings (SSSR count). The summed E-state index contributed by atoms with van der Waals surface area (Å²) in [5.41, 5.74) is 0. The van der Waals surface area contributed by atoms with Gasteiger partial charge in [0.1, 0.15) is 16.3 Å². The second-order valence-corrected chi connectivity index (χ2v) is 5.83. The summed E-state index contributed by atoms with van der Waals surface area (Å²) in [5, 5.41) is 3.40. The minimum absolute atomic E-state index is 0.354. The molecule has 0 aromatic carbocycles. The first-order valence-corrected chi connectivity index (χ1v) is 7.71. The van der Waals surface area contributed by atoms with Crippen molar-refractivity contribution in [1.29, 1.82) is 0 Å². The van der Waals surface area contributed by atoms with E-state index in [2.05, 4.69) is 34.0 Å². The molecule has 2 heterocycles. The molecular weight excluding hydrogens is 272 g/mol. The third-order valence-corrected chi connectivity index (χ3v) is 3.59. The van der Waals surface area contributed by atoms with Gasteiger partial charge in [0.15, 0.2) is 0 Å². The van der Waals surface area contributed by atoms with E-state index in [0.29, 0.717) is 10.6 Å². The molecule has 6 heteroatoms. The zero-order valence-corrected chi connectivity index (χ0v) is 13.1. The highest BCUT2D eigenvalue weighted by Crippen LogP contribution is 2.12. The second kappa shape index (κ2) is 7.71. The van der Waals surface area contributed by atoms with E-state index in [1.165, 1.54) is 0 Å². The van der Waals surface area contributed by atoms with Crippen LogP contribution < -0.4 is 5.32 Å². The number of aromatic nitrogens is 2. The number of aromatic amines is 1. The van der Waals surface area contributed by atoms with Crippen molar-refractivity contribution in [3.8, 4) is 0 Å². The molecule has 0 atom stereocenters. The van der Waals surface area contributed by atoms with Gasteiger partial charge in [-0.3, -0.25) is 4.90 Å². The van der Waals surface area contributed by atoms with Crippen LogP contribution in [0.1, 0.15) is 32.0 Å². The fraction of sp³-hybridized carbons (Fsp3) is 0.714. The van der Waals surface area contributed by atoms with Crippen LogP contribution in [0.2, 0.25) is 0 Å². The van der Waals surface area contributed by atoms with E-state index in [-0.39, 0.29) is 0 Å². The summed E-state index contributed by atoms with van der Waals surface area (Å²) in [6, 6.07) is 1.88. The highest BCUT2D eigenvalue weighted by atomic mass is 32.1. The van der Waals surface area contributed by atoms with Crippen molar-refractivity contribution >= 4 is 18.0 Å². The molecule has 20 heavy (non-hydrogen) atoms. The minimum Gasteiger partial charge on any atom is -0.379 e. The van der Waals surface area contributed by atoms with E-state index >= 15 is 0 Å². The molecule has 0 saturated carbocycles. The largest absolute Gasteiger partial charge is 0.379 e. The van der Waals surface area contributed by atoms with Crippen molar-refractivity contribution in [2.24, 2.45) is 0 Å². The molecule has 1 aliphatic heterocycles. The van der Waals surface area contributed by atoms with Crippen LogP contribution in [0.5, 0.6) is 0 Å². The average molecular weight is 296 g/mol. The SMILES string of the molecule is CC(C)c1nc(=S)cc(NCCCN2CCOCC2)[nH]1. The molecule has 1 fully saturated rings. The van der Waals surface area contributed by atoms with Gasteiger partial charge in [0.2, 0.25) is 0 Å². The summed E-state index contributed by atoms with van der Waals surface area (Å²) in [4.78, 5) is 10.1. The maximum absolute atomic E-state index is 5.34. The molecule has 0 aliphatic carbocycles. The Morgan fingerprint density at radius 2 is 2.20 bits per heavy atom. The lowest BCUT2D eigenvalue weighted by molar-refractivity contribution is 0.0378. The highest BCUT2D eigenvalue weighted by molar-refractivity contribution is 7.71. The van der Waals surface area contributed by atoms with Crippen LogP contribution in [0.15, 0.2) is 6.07 Å². The Morgan fingerprint density at radius 1 is 1.45 bits per heavy atom. The molecule has 1 aromatic rings. The smallest absolute Gasteiger partial charge is 0.131 e. The number of hydrogen-bond donors (Lipinski definition) is 2. The summed E-state index contributed by atoms with van der Waals surface area (Å²) < 4.78 is 5.99. The van der Waals surface area contributed by atoms with Gasteiger partial charge >= 0.3 is 0 Å². The lowest BCUT2D eigenvalue weighted by atomic mass is 10.2. The Labute approximate surface area is 125 Å². The first kappa shape index (κ1) is 15.4. The highest BCUT2D eigenvalue weighted by Gasteiger charge is 2.09. The van der Waals surface area contributed by atoms with Gasteiger partial charge in [-0.2, -0.15) is 0 Å². The average Bonchev–Trinajstić information content (AvgIpc) is 2.44. The zero-order valence-electron chi connectivity index (χ0n) is 12.3. The molecule has 0 spiro atoms. The Balaban J connectivity index is 1.77. The molecule has 1 aliphatic rings. The van der Waals surface area contributed by atoms with Crippen molar-refractivity contribution < 1.29 is 4.74 Å². The van der Waals surface area contributed by atoms with Gasteiger partial charge in [-0.15, -0.1) is 0 Å². The van der Waals surface area contributed by atoms with Crippen LogP contribution in [0.4, 0.5) is 5.82 Å². The van der Waals surface area contributed by atoms with Gasteiger partial charge < -0.3 is 15.0 Å². The Kier molecular flexibility index (Phi) is 5.94. The molecular formula is C14H24N4OS. The van der Waals surface area contributed by atoms with Crippen molar-refractivity contribution in [3.05, 3.63) is 16.5 Å². The summed E-state index contributed by atoms with van der Waals surface area (Å²) >= 11 is 5.19. The maximum atomic E-state index is 5.34. The molecule has 2 N–H and O–H groups in total. The number of nitrogens with zero attached hydrogens (tertiary/aromatic N) is 2. The second-order valence-electron chi connectivity index (χ2n) is 5.41. The van der Waals surface area contributed by atoms with Crippen molar-refractivity contribution in [2.75, 3.05) is 44.7 Å². The lowest BCUT2D eigenvalue weighted by Crippen LogP contribution is -2.37. The molecule has 0 radical (unpaired) electrons. The van der Waals surface area contributed by atoms with E-state index in [4.69, 9.17) is 17.0 Å². The van der Waals surface area contributed by atoms with Crippen LogP contribution in [0.3, 0.4) is 0 Å². The molecule has 0 amide bonds. The van der Waals surface area contributed by atoms with E-state index in [9.17, 15) is 0 Å². The van der Waals surface area contributed by atoms with Crippen molar-refractivity contribution in [3.63, 3.8) is 0 Å². The molecule has 0 unspecified atom stereocenters. The van der Waals surface area contributed by atoms with Crippen LogP contribution in [-0.2, 0) is 4.74 Å². The number of morpholine rings is 1. The first-order chi connectivity index (χ1) is 9.65. The van der Waals surface area contributed by atoms with Gasteiger partial charge in [0.25, 0.3) is 0 Å². The fourth-order valence-corrected chi connectivity index (χ4v) is 2.41. The van der Waals surface area contributed by atoms with E-state index in [1.54, 1.807) is 0 Å². The topological polar surface area (TPSA) is 53.2 Å². The molecule has 1 aromatic heterocycles. The third kappa shape index (κ3) is 4.85. The molecule has 1 saturated heterocycles. The quantitative estimate of drug-likeness (QED) is 0.623. The van der Waals surface area contributed by atoms with E-state index in [1.807, 2.05) is 6.07 Å². The van der Waals surface area contributed by atoms with Gasteiger partial charge in [-0.1, -0.05) is 26.1 Å². The number of hydrogen-bond acceptors (Lipinski definition) is 5. The summed E-state index contributed by atoms with van der Waals surface area (Å²) in [6.07, 6.45) is 1.11. The van der Waals surface area contributed by atoms with Crippen molar-refractivity contribution in [2.45, 2.75) is 26.2 Å². The number of ether oxygens (including phenoxy) is 1. The van der Waals surface area contributed by atoms with E-state index < -0.39 is 0 Å². The molecule has 5 nitrogen and oxygen atoms in total. The van der Waals surface area contributed by atoms with Crippen molar-refractivity contribution in [1.82, 2.24) is 14.9 Å². The predicted molar refractivity (Wildman–Crippen MR) is 83.9 cm³/mol. The number of anilines is 1. The predicted octanol–water partition coefficient (Wildman–Crippen LogP) is 2.40. The van der Waals surface area contributed by atoms with Gasteiger partial charge in [0, 0.05) is 31.6 Å². The summed E-state index contributed by atoms with van der Waals surface area (Å²) in [5.74, 6) is 2.26. The minimum atomic E-state index is 0.354. The van der Waals surface area contributed by atoms with E-state index in [0.717, 1.165) is 57.5 Å². The van der Waals surface area contributed by atoms with Crippen LogP contribution in [0, 0.1) is 4.64 Å². The lowest BCUT2D eigenvalue weighted by Gasteiger charge is -2.26. The normalized spacial score (nSPS) is 16.6. The fourth-order valence-electron chi connectivity index (χ4n) is 2.20. The maximum Gasteiger partial charge on any atom is 0.131 e. The molecule has 112 valence electrons. The Bertz CT molecular complexity index is 468. The Hall–Kier alpha value is -0.980. The first-order valence-electron chi connectivity index (χ1n) is 7.30. The zero-order chi connectivity index (χ0) is 14.4. The molecule has 0 bridgehead atoms. The van der Waals surface area contributed by atoms with Crippen LogP contribution in [-0.4, -0.2) is 54.3 Å².